The quantitative estimate of drug-likeness (QED) is 0.643. The molecule has 0 amide bonds. The van der Waals surface area contributed by atoms with Gasteiger partial charge in [0.1, 0.15) is 0 Å². The summed E-state index contributed by atoms with van der Waals surface area (Å²) in [6.07, 6.45) is 3.44. The van der Waals surface area contributed by atoms with Crippen LogP contribution in [0.2, 0.25) is 0 Å². The molecule has 0 saturated heterocycles. The van der Waals surface area contributed by atoms with Gasteiger partial charge in [0.05, 0.1) is 5.52 Å². The van der Waals surface area contributed by atoms with E-state index in [1.54, 1.807) is 11.3 Å². The summed E-state index contributed by atoms with van der Waals surface area (Å²) >= 11 is 1.76. The smallest absolute Gasteiger partial charge is 0.0529 e. The monoisotopic (exact) mass is 322 g/mol. The molecule has 1 aliphatic rings. The molecule has 4 rings (SSSR count). The predicted octanol–water partition coefficient (Wildman–Crippen LogP) is 5.02. The number of nitrogens with zero attached hydrogens (tertiary/aromatic N) is 2. The number of hydrogen-bond donors (Lipinski definition) is 0. The Morgan fingerprint density at radius 3 is 2.91 bits per heavy atom. The van der Waals surface area contributed by atoms with E-state index in [2.05, 4.69) is 71.6 Å². The molecule has 3 heteroatoms. The normalized spacial score (nSPS) is 16.0. The Morgan fingerprint density at radius 2 is 2.13 bits per heavy atom. The highest BCUT2D eigenvalue weighted by atomic mass is 32.1. The van der Waals surface area contributed by atoms with E-state index < -0.39 is 0 Å². The lowest BCUT2D eigenvalue weighted by Crippen LogP contribution is -2.26. The van der Waals surface area contributed by atoms with Crippen LogP contribution in [0.25, 0.3) is 22.7 Å². The highest BCUT2D eigenvalue weighted by Gasteiger charge is 2.21. The van der Waals surface area contributed by atoms with Gasteiger partial charge in [0, 0.05) is 36.8 Å². The number of aromatic nitrogens is 1. The molecule has 118 valence electrons. The third-order valence-electron chi connectivity index (χ3n) is 4.83. The first-order chi connectivity index (χ1) is 11.1. The maximum atomic E-state index is 2.43. The van der Waals surface area contributed by atoms with Crippen LogP contribution in [0, 0.1) is 6.92 Å². The van der Waals surface area contributed by atoms with E-state index in [1.807, 2.05) is 0 Å². The molecule has 23 heavy (non-hydrogen) atoms. The first-order valence-electron chi connectivity index (χ1n) is 8.15. The molecule has 0 N–H and O–H groups in total. The van der Waals surface area contributed by atoms with Crippen LogP contribution in [-0.4, -0.2) is 23.1 Å². The van der Waals surface area contributed by atoms with Gasteiger partial charge in [-0.15, -0.1) is 0 Å². The molecule has 1 aromatic carbocycles. The van der Waals surface area contributed by atoms with Crippen molar-refractivity contribution in [2.45, 2.75) is 26.8 Å². The summed E-state index contributed by atoms with van der Waals surface area (Å²) in [6, 6.07) is 9.05. The van der Waals surface area contributed by atoms with Gasteiger partial charge in [-0.2, -0.15) is 11.3 Å². The number of hydrogen-bond acceptors (Lipinski definition) is 2. The highest BCUT2D eigenvalue weighted by Crippen LogP contribution is 2.32. The SMILES string of the molecule is C/C(=C/n1c2c(c3cc(C)ccc31)CN(C)CC2)c1ccsc1. The average Bonchev–Trinajstić information content (AvgIpc) is 3.15. The fourth-order valence-electron chi connectivity index (χ4n) is 3.55. The predicted molar refractivity (Wildman–Crippen MR) is 101 cm³/mol. The van der Waals surface area contributed by atoms with Crippen LogP contribution in [0.3, 0.4) is 0 Å². The first kappa shape index (κ1) is 14.7. The van der Waals surface area contributed by atoms with Crippen LogP contribution in [0.4, 0.5) is 0 Å². The summed E-state index contributed by atoms with van der Waals surface area (Å²) in [5.74, 6) is 0. The number of benzene rings is 1. The van der Waals surface area contributed by atoms with E-state index >= 15 is 0 Å². The Bertz CT molecular complexity index is 884. The molecule has 0 spiro atoms. The van der Waals surface area contributed by atoms with Crippen molar-refractivity contribution in [1.82, 2.24) is 9.47 Å². The van der Waals surface area contributed by atoms with Gasteiger partial charge in [0.15, 0.2) is 0 Å². The number of thiophene rings is 1. The molecule has 0 fully saturated rings. The molecule has 2 aromatic heterocycles. The van der Waals surface area contributed by atoms with Crippen LogP contribution in [0.5, 0.6) is 0 Å². The first-order valence-corrected chi connectivity index (χ1v) is 9.09. The Kier molecular flexibility index (Phi) is 3.63. The van der Waals surface area contributed by atoms with Gasteiger partial charge in [-0.05, 0) is 66.6 Å². The van der Waals surface area contributed by atoms with Crippen LogP contribution in [-0.2, 0) is 13.0 Å². The fraction of sp³-hybridized carbons (Fsp3) is 0.300. The summed E-state index contributed by atoms with van der Waals surface area (Å²) in [7, 11) is 2.22. The van der Waals surface area contributed by atoms with Crippen LogP contribution < -0.4 is 0 Å². The number of rotatable bonds is 2. The van der Waals surface area contributed by atoms with E-state index in [9.17, 15) is 0 Å². The molecule has 0 saturated carbocycles. The second kappa shape index (κ2) is 5.66. The molecule has 0 aliphatic carbocycles. The lowest BCUT2D eigenvalue weighted by molar-refractivity contribution is 0.312. The fourth-order valence-corrected chi connectivity index (χ4v) is 4.26. The topological polar surface area (TPSA) is 8.17 Å². The number of aryl methyl sites for hydroxylation is 1. The molecule has 3 heterocycles. The summed E-state index contributed by atoms with van der Waals surface area (Å²) in [5.41, 5.74) is 8.32. The highest BCUT2D eigenvalue weighted by molar-refractivity contribution is 7.08. The van der Waals surface area contributed by atoms with Gasteiger partial charge in [-0.25, -0.2) is 0 Å². The summed E-state index contributed by atoms with van der Waals surface area (Å²) < 4.78 is 2.43. The Labute approximate surface area is 141 Å². The number of likely N-dealkylation sites (N-methyl/N-ethyl adjacent to an activating group) is 1. The van der Waals surface area contributed by atoms with E-state index in [0.29, 0.717) is 0 Å². The van der Waals surface area contributed by atoms with Crippen molar-refractivity contribution >= 4 is 34.0 Å². The van der Waals surface area contributed by atoms with Crippen molar-refractivity contribution in [2.75, 3.05) is 13.6 Å². The molecular weight excluding hydrogens is 300 g/mol. The van der Waals surface area contributed by atoms with Crippen molar-refractivity contribution in [2.24, 2.45) is 0 Å². The van der Waals surface area contributed by atoms with Crippen LogP contribution >= 0.6 is 11.3 Å². The largest absolute Gasteiger partial charge is 0.320 e. The zero-order valence-electron chi connectivity index (χ0n) is 14.0. The minimum atomic E-state index is 1.05. The Morgan fingerprint density at radius 1 is 1.26 bits per heavy atom. The second-order valence-electron chi connectivity index (χ2n) is 6.63. The standard InChI is InChI=1S/C20H22N2S/c1-14-4-5-19-17(10-14)18-12-21(3)8-6-20(18)22(19)11-15(2)16-7-9-23-13-16/h4-5,7,9-11,13H,6,8,12H2,1-3H3/b15-11-. The van der Waals surface area contributed by atoms with Crippen molar-refractivity contribution in [3.05, 3.63) is 57.4 Å². The molecule has 0 bridgehead atoms. The molecule has 0 atom stereocenters. The van der Waals surface area contributed by atoms with E-state index in [1.165, 1.54) is 38.9 Å². The van der Waals surface area contributed by atoms with E-state index in [0.717, 1.165) is 19.5 Å². The Balaban J connectivity index is 1.94. The van der Waals surface area contributed by atoms with Crippen molar-refractivity contribution in [3.63, 3.8) is 0 Å². The van der Waals surface area contributed by atoms with Gasteiger partial charge < -0.3 is 9.47 Å². The van der Waals surface area contributed by atoms with Crippen molar-refractivity contribution in [1.29, 1.82) is 0 Å². The molecule has 0 radical (unpaired) electrons. The molecule has 1 aliphatic heterocycles. The zero-order chi connectivity index (χ0) is 16.0. The maximum absolute atomic E-state index is 2.43. The molecule has 2 nitrogen and oxygen atoms in total. The van der Waals surface area contributed by atoms with Gasteiger partial charge in [0.2, 0.25) is 0 Å². The Hall–Kier alpha value is -1.84. The zero-order valence-corrected chi connectivity index (χ0v) is 14.8. The van der Waals surface area contributed by atoms with Crippen LogP contribution in [0.15, 0.2) is 35.0 Å². The third-order valence-corrected chi connectivity index (χ3v) is 5.52. The van der Waals surface area contributed by atoms with E-state index in [4.69, 9.17) is 0 Å². The lowest BCUT2D eigenvalue weighted by atomic mass is 10.0. The number of allylic oxidation sites excluding steroid dienone is 1. The van der Waals surface area contributed by atoms with Gasteiger partial charge in [0.25, 0.3) is 0 Å². The maximum Gasteiger partial charge on any atom is 0.0529 e. The minimum absolute atomic E-state index is 1.05. The second-order valence-corrected chi connectivity index (χ2v) is 7.41. The van der Waals surface area contributed by atoms with Gasteiger partial charge in [-0.1, -0.05) is 11.6 Å². The lowest BCUT2D eigenvalue weighted by Gasteiger charge is -2.23. The van der Waals surface area contributed by atoms with Gasteiger partial charge in [-0.3, -0.25) is 0 Å². The van der Waals surface area contributed by atoms with E-state index in [-0.39, 0.29) is 0 Å². The van der Waals surface area contributed by atoms with Crippen molar-refractivity contribution in [3.8, 4) is 0 Å². The minimum Gasteiger partial charge on any atom is -0.320 e. The molecule has 3 aromatic rings. The summed E-state index contributed by atoms with van der Waals surface area (Å²) in [4.78, 5) is 2.42. The van der Waals surface area contributed by atoms with Crippen molar-refractivity contribution < 1.29 is 0 Å². The molecular formula is C20H22N2S. The average molecular weight is 322 g/mol. The summed E-state index contributed by atoms with van der Waals surface area (Å²) in [6.45, 7) is 6.58. The van der Waals surface area contributed by atoms with Crippen LogP contribution in [0.1, 0.15) is 29.3 Å². The van der Waals surface area contributed by atoms with Gasteiger partial charge >= 0.3 is 0 Å². The summed E-state index contributed by atoms with van der Waals surface area (Å²) in [5, 5.41) is 5.79. The number of fused-ring (bicyclic) bond motifs is 3. The molecule has 0 unspecified atom stereocenters. The third kappa shape index (κ3) is 2.54.